The summed E-state index contributed by atoms with van der Waals surface area (Å²) in [4.78, 5) is 7.81. The van der Waals surface area contributed by atoms with Gasteiger partial charge in [-0.2, -0.15) is 0 Å². The van der Waals surface area contributed by atoms with Crippen LogP contribution in [-0.2, 0) is 0 Å². The predicted molar refractivity (Wildman–Crippen MR) is 42.4 cm³/mol. The van der Waals surface area contributed by atoms with Crippen LogP contribution in [0.4, 0.5) is 0 Å². The zero-order valence-electron chi connectivity index (χ0n) is 6.23. The molecule has 0 fully saturated rings. The van der Waals surface area contributed by atoms with E-state index in [-0.39, 0.29) is 0 Å². The van der Waals surface area contributed by atoms with Crippen LogP contribution in [0.2, 0.25) is 0 Å². The largest absolute Gasteiger partial charge is 0.413 e. The van der Waals surface area contributed by atoms with Gasteiger partial charge in [-0.15, -0.1) is 4.85 Å². The third-order valence-corrected chi connectivity index (χ3v) is 1.50. The fourth-order valence-electron chi connectivity index (χ4n) is 0.953. The SMILES string of the molecule is On1ccc2c[nH]ccnc-2[nH]1. The van der Waals surface area contributed by atoms with Crippen molar-refractivity contribution in [1.29, 1.82) is 0 Å². The minimum atomic E-state index is 0.612. The highest BCUT2D eigenvalue weighted by Gasteiger charge is 1.98. The molecule has 62 valence electrons. The Morgan fingerprint density at radius 2 is 2.42 bits per heavy atom. The Kier molecular flexibility index (Phi) is 1.48. The number of hydrogen-bond donors (Lipinski definition) is 3. The zero-order chi connectivity index (χ0) is 8.39. The fourth-order valence-corrected chi connectivity index (χ4v) is 0.953. The fraction of sp³-hybridized carbons (Fsp3) is 0. The maximum Gasteiger partial charge on any atom is 0.156 e. The molecule has 2 aliphatic heterocycles. The van der Waals surface area contributed by atoms with Gasteiger partial charge in [0, 0.05) is 24.2 Å². The molecule has 2 aliphatic rings. The number of H-pyrrole nitrogens is 2. The Morgan fingerprint density at radius 1 is 1.50 bits per heavy atom. The van der Waals surface area contributed by atoms with Gasteiger partial charge < -0.3 is 10.2 Å². The van der Waals surface area contributed by atoms with Crippen molar-refractivity contribution in [1.82, 2.24) is 19.9 Å². The van der Waals surface area contributed by atoms with Gasteiger partial charge in [-0.1, -0.05) is 0 Å². The molecule has 0 atom stereocenters. The van der Waals surface area contributed by atoms with Gasteiger partial charge in [0.2, 0.25) is 0 Å². The number of nitrogens with one attached hydrogen (secondary N) is 2. The predicted octanol–water partition coefficient (Wildman–Crippen LogP) is 1.01. The highest BCUT2D eigenvalue weighted by molar-refractivity contribution is 5.51. The molecule has 5 heteroatoms. The summed E-state index contributed by atoms with van der Waals surface area (Å²) in [5, 5.41) is 11.7. The average Bonchev–Trinajstić information content (AvgIpc) is 2.28. The molecule has 0 bridgehead atoms. The number of nitrogens with zero attached hydrogens (tertiary/aromatic N) is 2. The van der Waals surface area contributed by atoms with Crippen LogP contribution in [0.3, 0.4) is 0 Å². The molecular formula is C7H8N4O. The number of rotatable bonds is 0. The second kappa shape index (κ2) is 2.61. The summed E-state index contributed by atoms with van der Waals surface area (Å²) in [5.41, 5.74) is 0.894. The molecule has 5 nitrogen and oxygen atoms in total. The van der Waals surface area contributed by atoms with Crippen LogP contribution in [-0.4, -0.2) is 25.1 Å². The molecule has 0 aromatic heterocycles. The summed E-state index contributed by atoms with van der Waals surface area (Å²) in [5.74, 6) is 0.612. The quantitative estimate of drug-likeness (QED) is 0.508. The smallest absolute Gasteiger partial charge is 0.156 e. The summed E-state index contributed by atoms with van der Waals surface area (Å²) in [6, 6.07) is 1.75. The van der Waals surface area contributed by atoms with Crippen LogP contribution in [0.25, 0.3) is 11.4 Å². The van der Waals surface area contributed by atoms with Crippen molar-refractivity contribution in [2.75, 3.05) is 0 Å². The molecule has 0 spiro atoms. The van der Waals surface area contributed by atoms with E-state index < -0.39 is 0 Å². The minimum absolute atomic E-state index is 0.612. The summed E-state index contributed by atoms with van der Waals surface area (Å²) >= 11 is 0. The Bertz CT molecular complexity index is 384. The van der Waals surface area contributed by atoms with E-state index in [1.807, 2.05) is 0 Å². The molecule has 0 amide bonds. The third kappa shape index (κ3) is 1.12. The molecule has 0 saturated heterocycles. The zero-order valence-corrected chi connectivity index (χ0v) is 6.23. The van der Waals surface area contributed by atoms with E-state index in [2.05, 4.69) is 15.1 Å². The van der Waals surface area contributed by atoms with Gasteiger partial charge in [-0.3, -0.25) is 0 Å². The van der Waals surface area contributed by atoms with Gasteiger partial charge in [-0.05, 0) is 6.07 Å². The lowest BCUT2D eigenvalue weighted by atomic mass is 10.3. The van der Waals surface area contributed by atoms with Crippen molar-refractivity contribution in [3.63, 3.8) is 0 Å². The molecule has 0 aromatic carbocycles. The van der Waals surface area contributed by atoms with Gasteiger partial charge in [0.05, 0.1) is 6.20 Å². The number of aromatic amines is 2. The Balaban J connectivity index is 2.74. The Morgan fingerprint density at radius 3 is 3.33 bits per heavy atom. The van der Waals surface area contributed by atoms with Crippen molar-refractivity contribution in [3.05, 3.63) is 30.9 Å². The Hall–Kier alpha value is -1.91. The van der Waals surface area contributed by atoms with Gasteiger partial charge >= 0.3 is 0 Å². The summed E-state index contributed by atoms with van der Waals surface area (Å²) < 4.78 is 0. The second-order valence-corrected chi connectivity index (χ2v) is 2.33. The summed E-state index contributed by atoms with van der Waals surface area (Å²) in [6.07, 6.45) is 6.60. The van der Waals surface area contributed by atoms with Crippen molar-refractivity contribution in [2.24, 2.45) is 0 Å². The van der Waals surface area contributed by atoms with Crippen LogP contribution in [0.1, 0.15) is 0 Å². The molecule has 3 N–H and O–H groups in total. The van der Waals surface area contributed by atoms with Crippen LogP contribution >= 0.6 is 0 Å². The van der Waals surface area contributed by atoms with Crippen molar-refractivity contribution >= 4 is 0 Å². The monoisotopic (exact) mass is 164 g/mol. The first-order chi connectivity index (χ1) is 5.86. The highest BCUT2D eigenvalue weighted by atomic mass is 16.5. The number of aromatic nitrogens is 4. The maximum atomic E-state index is 9.02. The first-order valence-corrected chi connectivity index (χ1v) is 3.48. The van der Waals surface area contributed by atoms with Crippen molar-refractivity contribution in [2.45, 2.75) is 0 Å². The van der Waals surface area contributed by atoms with E-state index in [4.69, 9.17) is 5.21 Å². The lowest BCUT2D eigenvalue weighted by molar-refractivity contribution is 0.144. The number of hydrogen-bond acceptors (Lipinski definition) is 2. The number of fused-ring (bicyclic) bond motifs is 1. The normalized spacial score (nSPS) is 10.0. The molecular weight excluding hydrogens is 156 g/mol. The van der Waals surface area contributed by atoms with E-state index in [0.717, 1.165) is 10.4 Å². The van der Waals surface area contributed by atoms with E-state index in [1.165, 1.54) is 6.20 Å². The van der Waals surface area contributed by atoms with Crippen molar-refractivity contribution < 1.29 is 5.21 Å². The van der Waals surface area contributed by atoms with Crippen LogP contribution in [0.5, 0.6) is 0 Å². The molecule has 12 heavy (non-hydrogen) atoms. The molecule has 2 heterocycles. The van der Waals surface area contributed by atoms with Gasteiger partial charge in [0.25, 0.3) is 0 Å². The standard InChI is InChI=1S/C7H8N4O/c12-11-4-1-6-5-8-2-3-9-7(6)10-11/h1-5,8,12H,(H,9,10). The van der Waals surface area contributed by atoms with E-state index >= 15 is 0 Å². The lowest BCUT2D eigenvalue weighted by Gasteiger charge is -2.01. The minimum Gasteiger partial charge on any atom is -0.413 e. The summed E-state index contributed by atoms with van der Waals surface area (Å²) in [7, 11) is 0. The topological polar surface area (TPSA) is 69.6 Å². The molecule has 2 rings (SSSR count). The molecule has 0 radical (unpaired) electrons. The van der Waals surface area contributed by atoms with Crippen LogP contribution in [0.15, 0.2) is 30.9 Å². The third-order valence-electron chi connectivity index (χ3n) is 1.50. The van der Waals surface area contributed by atoms with E-state index in [0.29, 0.717) is 5.82 Å². The van der Waals surface area contributed by atoms with Gasteiger partial charge in [-0.25, -0.2) is 10.1 Å². The molecule has 0 unspecified atom stereocenters. The maximum absolute atomic E-state index is 9.02. The average molecular weight is 164 g/mol. The summed E-state index contributed by atoms with van der Waals surface area (Å²) in [6.45, 7) is 0. The van der Waals surface area contributed by atoms with E-state index in [9.17, 15) is 0 Å². The van der Waals surface area contributed by atoms with Gasteiger partial charge in [0.15, 0.2) is 5.82 Å². The molecule has 0 aromatic rings. The van der Waals surface area contributed by atoms with Crippen LogP contribution in [0, 0.1) is 0 Å². The van der Waals surface area contributed by atoms with Gasteiger partial charge in [0.1, 0.15) is 0 Å². The van der Waals surface area contributed by atoms with E-state index in [1.54, 1.807) is 24.7 Å². The first-order valence-electron chi connectivity index (χ1n) is 3.48. The lowest BCUT2D eigenvalue weighted by Crippen LogP contribution is -2.00. The highest BCUT2D eigenvalue weighted by Crippen LogP contribution is 2.10. The van der Waals surface area contributed by atoms with Crippen molar-refractivity contribution in [3.8, 4) is 11.4 Å². The second-order valence-electron chi connectivity index (χ2n) is 2.33. The van der Waals surface area contributed by atoms with Crippen LogP contribution < -0.4 is 0 Å². The molecule has 0 saturated carbocycles. The first kappa shape index (κ1) is 6.78. The molecule has 0 aliphatic carbocycles. The Labute approximate surface area is 68.3 Å².